The molecule has 3 heteroatoms. The van der Waals surface area contributed by atoms with E-state index in [1.54, 1.807) is 7.11 Å². The number of hydrogen-bond donors (Lipinski definition) is 0. The zero-order valence-electron chi connectivity index (χ0n) is 11.8. The molecular weight excluding hydrogens is 304 g/mol. The van der Waals surface area contributed by atoms with Crippen LogP contribution in [-0.2, 0) is 5.33 Å². The summed E-state index contributed by atoms with van der Waals surface area (Å²) in [5, 5.41) is 0.843. The van der Waals surface area contributed by atoms with Gasteiger partial charge in [-0.1, -0.05) is 35.3 Å². The smallest absolute Gasteiger partial charge is 0.161 e. The average molecular weight is 327 g/mol. The molecule has 0 N–H and O–H groups in total. The third-order valence-electron chi connectivity index (χ3n) is 4.05. The van der Waals surface area contributed by atoms with Crippen LogP contribution in [-0.4, -0.2) is 13.2 Å². The van der Waals surface area contributed by atoms with Crippen LogP contribution >= 0.6 is 15.9 Å². The summed E-state index contributed by atoms with van der Waals surface area (Å²) in [5.74, 6) is 2.62. The normalized spacial score (nSPS) is 23.1. The van der Waals surface area contributed by atoms with Gasteiger partial charge < -0.3 is 9.47 Å². The number of ether oxygens (including phenoxy) is 2. The predicted molar refractivity (Wildman–Crippen MR) is 82.3 cm³/mol. The average Bonchev–Trinajstić information content (AvgIpc) is 2.48. The van der Waals surface area contributed by atoms with E-state index in [2.05, 4.69) is 35.0 Å². The lowest BCUT2D eigenvalue weighted by Crippen LogP contribution is -2.24. The molecule has 0 aromatic heterocycles. The van der Waals surface area contributed by atoms with Crippen molar-refractivity contribution in [2.75, 3.05) is 7.11 Å². The molecule has 0 saturated heterocycles. The van der Waals surface area contributed by atoms with Crippen LogP contribution < -0.4 is 9.47 Å². The minimum Gasteiger partial charge on any atom is -0.493 e. The number of methoxy groups -OCH3 is 1. The second-order valence-electron chi connectivity index (χ2n) is 5.29. The summed E-state index contributed by atoms with van der Waals surface area (Å²) < 4.78 is 11.6. The minimum atomic E-state index is 0.349. The van der Waals surface area contributed by atoms with Crippen LogP contribution in [0.15, 0.2) is 18.2 Å². The topological polar surface area (TPSA) is 18.5 Å². The van der Waals surface area contributed by atoms with Crippen LogP contribution in [0.4, 0.5) is 0 Å². The van der Waals surface area contributed by atoms with Gasteiger partial charge >= 0.3 is 0 Å². The first-order valence-electron chi connectivity index (χ1n) is 7.16. The second kappa shape index (κ2) is 7.18. The number of halogens is 1. The molecule has 0 aliphatic heterocycles. The van der Waals surface area contributed by atoms with Gasteiger partial charge in [0.25, 0.3) is 0 Å². The van der Waals surface area contributed by atoms with Crippen LogP contribution in [0, 0.1) is 5.92 Å². The Balaban J connectivity index is 2.02. The molecule has 0 amide bonds. The van der Waals surface area contributed by atoms with Gasteiger partial charge in [0.2, 0.25) is 0 Å². The van der Waals surface area contributed by atoms with E-state index in [1.807, 2.05) is 6.07 Å². The molecule has 1 aliphatic carbocycles. The molecule has 2 nitrogen and oxygen atoms in total. The zero-order chi connectivity index (χ0) is 13.7. The van der Waals surface area contributed by atoms with Crippen molar-refractivity contribution in [2.24, 2.45) is 5.92 Å². The maximum absolute atomic E-state index is 6.17. The summed E-state index contributed by atoms with van der Waals surface area (Å²) in [6.07, 6.45) is 6.57. The van der Waals surface area contributed by atoms with Crippen molar-refractivity contribution >= 4 is 15.9 Å². The molecule has 0 spiro atoms. The van der Waals surface area contributed by atoms with Gasteiger partial charge in [-0.25, -0.2) is 0 Å². The summed E-state index contributed by atoms with van der Waals surface area (Å²) in [6, 6.07) is 6.14. The molecule has 1 fully saturated rings. The molecule has 0 heterocycles. The molecule has 1 aromatic rings. The third-order valence-corrected chi connectivity index (χ3v) is 4.69. The van der Waals surface area contributed by atoms with E-state index in [4.69, 9.17) is 9.47 Å². The number of rotatable bonds is 5. The first-order valence-corrected chi connectivity index (χ1v) is 8.28. The fraction of sp³-hybridized carbons (Fsp3) is 0.625. The monoisotopic (exact) mass is 326 g/mol. The second-order valence-corrected chi connectivity index (χ2v) is 5.85. The molecule has 19 heavy (non-hydrogen) atoms. The van der Waals surface area contributed by atoms with Crippen molar-refractivity contribution in [2.45, 2.75) is 50.5 Å². The lowest BCUT2D eigenvalue weighted by atomic mass is 9.86. The minimum absolute atomic E-state index is 0.349. The first-order chi connectivity index (χ1) is 9.26. The molecule has 0 bridgehead atoms. The van der Waals surface area contributed by atoms with E-state index < -0.39 is 0 Å². The van der Waals surface area contributed by atoms with Gasteiger partial charge in [0.15, 0.2) is 11.5 Å². The van der Waals surface area contributed by atoms with Gasteiger partial charge in [0.1, 0.15) is 0 Å². The highest BCUT2D eigenvalue weighted by atomic mass is 79.9. The van der Waals surface area contributed by atoms with Crippen molar-refractivity contribution in [1.82, 2.24) is 0 Å². The van der Waals surface area contributed by atoms with Crippen molar-refractivity contribution in [3.05, 3.63) is 23.8 Å². The standard InChI is InChI=1S/C16H23BrO2/c1-3-12-4-7-14(8-5-12)19-16-10-13(11-17)6-9-15(16)18-2/h6,9-10,12,14H,3-5,7-8,11H2,1-2H3. The number of hydrogen-bond acceptors (Lipinski definition) is 2. The Kier molecular flexibility index (Phi) is 5.56. The third kappa shape index (κ3) is 3.88. The van der Waals surface area contributed by atoms with Crippen molar-refractivity contribution in [1.29, 1.82) is 0 Å². The lowest BCUT2D eigenvalue weighted by molar-refractivity contribution is 0.126. The van der Waals surface area contributed by atoms with E-state index in [1.165, 1.54) is 37.7 Å². The highest BCUT2D eigenvalue weighted by molar-refractivity contribution is 9.08. The van der Waals surface area contributed by atoms with E-state index in [0.29, 0.717) is 6.10 Å². The van der Waals surface area contributed by atoms with Crippen molar-refractivity contribution in [3.63, 3.8) is 0 Å². The van der Waals surface area contributed by atoms with Crippen LogP contribution in [0.1, 0.15) is 44.6 Å². The Hall–Kier alpha value is -0.700. The molecule has 0 radical (unpaired) electrons. The van der Waals surface area contributed by atoms with Crippen LogP contribution in [0.25, 0.3) is 0 Å². The van der Waals surface area contributed by atoms with Gasteiger partial charge in [-0.05, 0) is 49.3 Å². The molecule has 1 saturated carbocycles. The van der Waals surface area contributed by atoms with E-state index in [9.17, 15) is 0 Å². The van der Waals surface area contributed by atoms with Gasteiger partial charge in [0, 0.05) is 5.33 Å². The Morgan fingerprint density at radius 1 is 1.16 bits per heavy atom. The fourth-order valence-corrected chi connectivity index (χ4v) is 3.08. The Morgan fingerprint density at radius 3 is 2.47 bits per heavy atom. The summed E-state index contributed by atoms with van der Waals surface area (Å²) in [4.78, 5) is 0. The zero-order valence-corrected chi connectivity index (χ0v) is 13.4. The molecule has 106 valence electrons. The van der Waals surface area contributed by atoms with Crippen LogP contribution in [0.2, 0.25) is 0 Å². The van der Waals surface area contributed by atoms with Crippen molar-refractivity contribution in [3.8, 4) is 11.5 Å². The summed E-state index contributed by atoms with van der Waals surface area (Å²) in [5.41, 5.74) is 1.22. The number of benzene rings is 1. The van der Waals surface area contributed by atoms with Gasteiger partial charge in [-0.2, -0.15) is 0 Å². The van der Waals surface area contributed by atoms with E-state index in [0.717, 1.165) is 22.7 Å². The Morgan fingerprint density at radius 2 is 1.89 bits per heavy atom. The highest BCUT2D eigenvalue weighted by Crippen LogP contribution is 2.34. The predicted octanol–water partition coefficient (Wildman–Crippen LogP) is 4.94. The highest BCUT2D eigenvalue weighted by Gasteiger charge is 2.22. The fourth-order valence-electron chi connectivity index (χ4n) is 2.73. The van der Waals surface area contributed by atoms with Crippen LogP contribution in [0.5, 0.6) is 11.5 Å². The maximum atomic E-state index is 6.17. The van der Waals surface area contributed by atoms with Gasteiger partial charge in [0.05, 0.1) is 13.2 Å². The molecule has 2 rings (SSSR count). The van der Waals surface area contributed by atoms with E-state index >= 15 is 0 Å². The number of alkyl halides is 1. The summed E-state index contributed by atoms with van der Waals surface area (Å²) in [6.45, 7) is 2.29. The largest absolute Gasteiger partial charge is 0.493 e. The molecule has 1 aliphatic rings. The Labute approximate surface area is 124 Å². The van der Waals surface area contributed by atoms with Crippen LogP contribution in [0.3, 0.4) is 0 Å². The first kappa shape index (κ1) is 14.7. The van der Waals surface area contributed by atoms with Gasteiger partial charge in [-0.15, -0.1) is 0 Å². The van der Waals surface area contributed by atoms with Gasteiger partial charge in [-0.3, -0.25) is 0 Å². The molecular formula is C16H23BrO2. The van der Waals surface area contributed by atoms with Crippen molar-refractivity contribution < 1.29 is 9.47 Å². The Bertz CT molecular complexity index is 398. The SMILES string of the molecule is CCC1CCC(Oc2cc(CBr)ccc2OC)CC1. The lowest BCUT2D eigenvalue weighted by Gasteiger charge is -2.28. The summed E-state index contributed by atoms with van der Waals surface area (Å²) in [7, 11) is 1.70. The van der Waals surface area contributed by atoms with E-state index in [-0.39, 0.29) is 0 Å². The quantitative estimate of drug-likeness (QED) is 0.713. The molecule has 1 aromatic carbocycles. The molecule has 0 atom stereocenters. The molecule has 0 unspecified atom stereocenters. The maximum Gasteiger partial charge on any atom is 0.161 e. The summed E-state index contributed by atoms with van der Waals surface area (Å²) >= 11 is 3.48.